The first kappa shape index (κ1) is 14.3. The van der Waals surface area contributed by atoms with Crippen LogP contribution in [0.2, 0.25) is 5.02 Å². The van der Waals surface area contributed by atoms with Crippen molar-refractivity contribution < 1.29 is 9.85 Å². The summed E-state index contributed by atoms with van der Waals surface area (Å²) in [6, 6.07) is 2.07. The van der Waals surface area contributed by atoms with Crippen molar-refractivity contribution in [1.29, 1.82) is 5.41 Å². The van der Waals surface area contributed by atoms with Crippen molar-refractivity contribution in [1.82, 2.24) is 5.43 Å². The molecule has 0 saturated heterocycles. The molecule has 1 aromatic rings. The van der Waals surface area contributed by atoms with Gasteiger partial charge in [0.2, 0.25) is 5.96 Å². The van der Waals surface area contributed by atoms with Gasteiger partial charge in [0, 0.05) is 6.07 Å². The molecule has 1 rings (SSSR count). The maximum Gasteiger partial charge on any atom is 0.303 e. The molecule has 0 bridgehead atoms. The standard InChI is InChI=1S/C8H7ClN6O4/c9-5-1-2-6(14(16)17)4(7(5)15(18)19)3-12-13-8(10)11/h1-3H,(H4,10,11,13)/b12-3+. The highest BCUT2D eigenvalue weighted by Gasteiger charge is 2.27. The van der Waals surface area contributed by atoms with Gasteiger partial charge in [-0.25, -0.2) is 5.43 Å². The summed E-state index contributed by atoms with van der Waals surface area (Å²) in [6.45, 7) is 0. The molecule has 0 fully saturated rings. The predicted octanol–water partition coefficient (Wildman–Crippen LogP) is 0.973. The zero-order valence-electron chi connectivity index (χ0n) is 9.16. The van der Waals surface area contributed by atoms with Crippen molar-refractivity contribution in [2.24, 2.45) is 10.8 Å². The summed E-state index contributed by atoms with van der Waals surface area (Å²) < 4.78 is 0. The van der Waals surface area contributed by atoms with Crippen LogP contribution in [-0.2, 0) is 0 Å². The lowest BCUT2D eigenvalue weighted by atomic mass is 10.1. The number of hydrogen-bond acceptors (Lipinski definition) is 6. The summed E-state index contributed by atoms with van der Waals surface area (Å²) in [6.07, 6.45) is 0.809. The van der Waals surface area contributed by atoms with Crippen LogP contribution in [-0.4, -0.2) is 22.0 Å². The SMILES string of the molecule is N=C(N)N/N=C/c1c([N+](=O)[O-])ccc(Cl)c1[N+](=O)[O-]. The number of nitrogens with two attached hydrogens (primary N) is 1. The van der Waals surface area contributed by atoms with Gasteiger partial charge in [-0.15, -0.1) is 0 Å². The van der Waals surface area contributed by atoms with Crippen molar-refractivity contribution in [2.75, 3.05) is 0 Å². The highest BCUT2D eigenvalue weighted by molar-refractivity contribution is 6.33. The quantitative estimate of drug-likeness (QED) is 0.323. The average molecular weight is 287 g/mol. The summed E-state index contributed by atoms with van der Waals surface area (Å²) in [5, 5.41) is 31.6. The van der Waals surface area contributed by atoms with E-state index in [1.54, 1.807) is 0 Å². The Morgan fingerprint density at radius 3 is 2.53 bits per heavy atom. The van der Waals surface area contributed by atoms with E-state index in [4.69, 9.17) is 22.7 Å². The molecular weight excluding hydrogens is 280 g/mol. The van der Waals surface area contributed by atoms with Crippen LogP contribution < -0.4 is 11.2 Å². The zero-order chi connectivity index (χ0) is 14.6. The van der Waals surface area contributed by atoms with Gasteiger partial charge in [-0.1, -0.05) is 11.6 Å². The number of guanidine groups is 1. The van der Waals surface area contributed by atoms with E-state index in [1.807, 2.05) is 5.43 Å². The van der Waals surface area contributed by atoms with E-state index < -0.39 is 32.7 Å². The van der Waals surface area contributed by atoms with E-state index in [0.29, 0.717) is 0 Å². The first-order valence-electron chi connectivity index (χ1n) is 4.59. The second kappa shape index (κ2) is 5.73. The van der Waals surface area contributed by atoms with Crippen molar-refractivity contribution >= 4 is 35.1 Å². The molecule has 100 valence electrons. The van der Waals surface area contributed by atoms with E-state index in [1.165, 1.54) is 0 Å². The third kappa shape index (κ3) is 3.35. The second-order valence-corrected chi connectivity index (χ2v) is 3.53. The first-order valence-corrected chi connectivity index (χ1v) is 4.96. The molecule has 4 N–H and O–H groups in total. The maximum absolute atomic E-state index is 10.9. The van der Waals surface area contributed by atoms with E-state index in [0.717, 1.165) is 18.3 Å². The van der Waals surface area contributed by atoms with Crippen LogP contribution in [0.15, 0.2) is 17.2 Å². The Bertz CT molecular complexity index is 587. The lowest BCUT2D eigenvalue weighted by Gasteiger charge is -2.01. The Morgan fingerprint density at radius 1 is 1.42 bits per heavy atom. The van der Waals surface area contributed by atoms with Crippen molar-refractivity contribution in [3.8, 4) is 0 Å². The summed E-state index contributed by atoms with van der Waals surface area (Å²) in [7, 11) is 0. The summed E-state index contributed by atoms with van der Waals surface area (Å²) >= 11 is 5.63. The van der Waals surface area contributed by atoms with Gasteiger partial charge < -0.3 is 5.73 Å². The highest BCUT2D eigenvalue weighted by Crippen LogP contribution is 2.33. The van der Waals surface area contributed by atoms with Crippen LogP contribution in [0.25, 0.3) is 0 Å². The molecule has 0 aliphatic carbocycles. The van der Waals surface area contributed by atoms with E-state index in [9.17, 15) is 20.2 Å². The molecule has 0 amide bonds. The minimum Gasteiger partial charge on any atom is -0.369 e. The molecule has 1 aromatic carbocycles. The Labute approximate surface area is 110 Å². The normalized spacial score (nSPS) is 10.4. The number of nitrogens with zero attached hydrogens (tertiary/aromatic N) is 3. The van der Waals surface area contributed by atoms with E-state index >= 15 is 0 Å². The molecule has 0 unspecified atom stereocenters. The monoisotopic (exact) mass is 286 g/mol. The van der Waals surface area contributed by atoms with Gasteiger partial charge in [-0.3, -0.25) is 25.6 Å². The Morgan fingerprint density at radius 2 is 2.05 bits per heavy atom. The van der Waals surface area contributed by atoms with Crippen LogP contribution in [0.4, 0.5) is 11.4 Å². The summed E-state index contributed by atoms with van der Waals surface area (Å²) in [4.78, 5) is 20.0. The fourth-order valence-electron chi connectivity index (χ4n) is 1.21. The lowest BCUT2D eigenvalue weighted by molar-refractivity contribution is -0.394. The molecule has 19 heavy (non-hydrogen) atoms. The maximum atomic E-state index is 10.9. The summed E-state index contributed by atoms with van der Waals surface area (Å²) in [5.74, 6) is -0.524. The predicted molar refractivity (Wildman–Crippen MR) is 67.4 cm³/mol. The number of nitro groups is 2. The number of nitro benzene ring substituents is 2. The van der Waals surface area contributed by atoms with Crippen molar-refractivity contribution in [3.63, 3.8) is 0 Å². The van der Waals surface area contributed by atoms with Gasteiger partial charge in [0.25, 0.3) is 5.69 Å². The van der Waals surface area contributed by atoms with Crippen LogP contribution in [0.5, 0.6) is 0 Å². The number of rotatable bonds is 4. The number of nitrogens with one attached hydrogen (secondary N) is 2. The molecule has 11 heteroatoms. The van der Waals surface area contributed by atoms with E-state index in [-0.39, 0.29) is 5.02 Å². The molecule has 0 radical (unpaired) electrons. The zero-order valence-corrected chi connectivity index (χ0v) is 9.92. The molecule has 0 atom stereocenters. The van der Waals surface area contributed by atoms with Crippen LogP contribution in [0, 0.1) is 25.6 Å². The van der Waals surface area contributed by atoms with Gasteiger partial charge in [0.15, 0.2) is 5.56 Å². The Hall–Kier alpha value is -2.75. The first-order chi connectivity index (χ1) is 8.84. The Balaban J connectivity index is 3.41. The third-order valence-corrected chi connectivity index (χ3v) is 2.21. The lowest BCUT2D eigenvalue weighted by Crippen LogP contribution is -2.25. The molecule has 0 heterocycles. The minimum absolute atomic E-state index is 0.264. The van der Waals surface area contributed by atoms with Gasteiger partial charge in [-0.05, 0) is 6.07 Å². The van der Waals surface area contributed by atoms with Crippen LogP contribution >= 0.6 is 11.6 Å². The third-order valence-electron chi connectivity index (χ3n) is 1.90. The number of benzene rings is 1. The smallest absolute Gasteiger partial charge is 0.303 e. The average Bonchev–Trinajstić information content (AvgIpc) is 2.27. The largest absolute Gasteiger partial charge is 0.369 e. The molecule has 0 saturated carbocycles. The van der Waals surface area contributed by atoms with Crippen molar-refractivity contribution in [3.05, 3.63) is 42.9 Å². The number of hydrogen-bond donors (Lipinski definition) is 3. The van der Waals surface area contributed by atoms with Gasteiger partial charge >= 0.3 is 5.69 Å². The van der Waals surface area contributed by atoms with E-state index in [2.05, 4.69) is 5.10 Å². The number of halogens is 1. The fourth-order valence-corrected chi connectivity index (χ4v) is 1.44. The topological polar surface area (TPSA) is 161 Å². The van der Waals surface area contributed by atoms with Gasteiger partial charge in [-0.2, -0.15) is 5.10 Å². The molecule has 0 aliphatic rings. The molecule has 0 spiro atoms. The highest BCUT2D eigenvalue weighted by atomic mass is 35.5. The molecule has 0 aromatic heterocycles. The van der Waals surface area contributed by atoms with Crippen LogP contribution in [0.3, 0.4) is 0 Å². The van der Waals surface area contributed by atoms with Gasteiger partial charge in [0.1, 0.15) is 5.02 Å². The second-order valence-electron chi connectivity index (χ2n) is 3.13. The minimum atomic E-state index is -0.857. The van der Waals surface area contributed by atoms with Crippen LogP contribution in [0.1, 0.15) is 5.56 Å². The number of hydrazone groups is 1. The molecular formula is C8H7ClN6O4. The molecule has 0 aliphatic heterocycles. The fraction of sp³-hybridized carbons (Fsp3) is 0. The molecule has 10 nitrogen and oxygen atoms in total. The Kier molecular flexibility index (Phi) is 4.32. The van der Waals surface area contributed by atoms with Gasteiger partial charge in [0.05, 0.1) is 16.1 Å². The van der Waals surface area contributed by atoms with Crippen molar-refractivity contribution in [2.45, 2.75) is 0 Å². The summed E-state index contributed by atoms with van der Waals surface area (Å²) in [5.41, 5.74) is 5.36.